The number of carbonyl (C=O) groups excluding carboxylic acids is 2. The zero-order valence-electron chi connectivity index (χ0n) is 18.7. The molecule has 1 aromatic heterocycles. The van der Waals surface area contributed by atoms with Crippen LogP contribution >= 0.6 is 0 Å². The zero-order chi connectivity index (χ0) is 22.2. The van der Waals surface area contributed by atoms with Gasteiger partial charge in [0.15, 0.2) is 0 Å². The monoisotopic (exact) mass is 423 g/mol. The maximum Gasteiger partial charge on any atom is 0.252 e. The molecule has 2 amide bonds. The first-order valence-electron chi connectivity index (χ1n) is 11.1. The molecule has 0 bridgehead atoms. The first-order valence-corrected chi connectivity index (χ1v) is 11.1. The molecule has 1 saturated heterocycles. The van der Waals surface area contributed by atoms with Gasteiger partial charge in [-0.15, -0.1) is 0 Å². The topological polar surface area (TPSA) is 77.6 Å². The van der Waals surface area contributed by atoms with Crippen molar-refractivity contribution in [2.75, 3.05) is 42.3 Å². The van der Waals surface area contributed by atoms with Crippen molar-refractivity contribution in [3.8, 4) is 0 Å². The number of hydrogen-bond acceptors (Lipinski definition) is 5. The highest BCUT2D eigenvalue weighted by atomic mass is 16.2. The highest BCUT2D eigenvalue weighted by Crippen LogP contribution is 2.23. The van der Waals surface area contributed by atoms with Gasteiger partial charge in [-0.1, -0.05) is 25.8 Å². The van der Waals surface area contributed by atoms with Crippen molar-refractivity contribution in [3.05, 3.63) is 48.2 Å². The molecule has 1 aliphatic heterocycles. The molecule has 2 N–H and O–H groups in total. The van der Waals surface area contributed by atoms with Crippen LogP contribution in [0.5, 0.6) is 0 Å². The molecule has 0 spiro atoms. The summed E-state index contributed by atoms with van der Waals surface area (Å²) in [6.07, 6.45) is 6.40. The smallest absolute Gasteiger partial charge is 0.252 e. The van der Waals surface area contributed by atoms with E-state index in [1.54, 1.807) is 18.3 Å². The Bertz CT molecular complexity index is 893. The molecule has 7 heteroatoms. The molecule has 1 atom stereocenters. The Balaban J connectivity index is 1.69. The summed E-state index contributed by atoms with van der Waals surface area (Å²) < 4.78 is 0. The molecule has 31 heavy (non-hydrogen) atoms. The lowest BCUT2D eigenvalue weighted by Gasteiger charge is -2.21. The van der Waals surface area contributed by atoms with Crippen LogP contribution in [-0.2, 0) is 4.79 Å². The van der Waals surface area contributed by atoms with Gasteiger partial charge >= 0.3 is 0 Å². The number of anilines is 3. The fraction of sp³-hybridized carbons (Fsp3) is 0.458. The van der Waals surface area contributed by atoms with Gasteiger partial charge in [0.1, 0.15) is 11.9 Å². The van der Waals surface area contributed by atoms with Crippen molar-refractivity contribution < 1.29 is 9.59 Å². The zero-order valence-corrected chi connectivity index (χ0v) is 18.7. The third-order valence-corrected chi connectivity index (χ3v) is 5.52. The molecule has 7 nitrogen and oxygen atoms in total. The fourth-order valence-electron chi connectivity index (χ4n) is 3.71. The van der Waals surface area contributed by atoms with E-state index in [1.165, 1.54) is 12.8 Å². The Morgan fingerprint density at radius 3 is 2.65 bits per heavy atom. The molecule has 2 aromatic rings. The third-order valence-electron chi connectivity index (χ3n) is 5.52. The molecular formula is C24H33N5O2. The van der Waals surface area contributed by atoms with Gasteiger partial charge in [0.2, 0.25) is 5.91 Å². The van der Waals surface area contributed by atoms with Gasteiger partial charge in [-0.2, -0.15) is 0 Å². The lowest BCUT2D eigenvalue weighted by atomic mass is 10.1. The average molecular weight is 424 g/mol. The largest absolute Gasteiger partial charge is 0.371 e. The molecule has 0 saturated carbocycles. The molecule has 2 heterocycles. The van der Waals surface area contributed by atoms with Crippen LogP contribution in [0, 0.1) is 0 Å². The molecule has 1 fully saturated rings. The van der Waals surface area contributed by atoms with E-state index in [0.29, 0.717) is 17.8 Å². The number of nitrogens with one attached hydrogen (secondary N) is 2. The molecule has 0 aliphatic carbocycles. The van der Waals surface area contributed by atoms with Gasteiger partial charge in [-0.3, -0.25) is 9.59 Å². The Hall–Kier alpha value is -3.09. The number of hydrogen-bond donors (Lipinski definition) is 2. The summed E-state index contributed by atoms with van der Waals surface area (Å²) in [5.74, 6) is 0.232. The van der Waals surface area contributed by atoms with E-state index in [1.807, 2.05) is 37.2 Å². The normalized spacial score (nSPS) is 14.2. The predicted molar refractivity (Wildman–Crippen MR) is 126 cm³/mol. The number of pyridine rings is 1. The van der Waals surface area contributed by atoms with Crippen molar-refractivity contribution >= 4 is 29.0 Å². The first-order chi connectivity index (χ1) is 15.0. The lowest BCUT2D eigenvalue weighted by Crippen LogP contribution is -2.43. The molecule has 0 radical (unpaired) electrons. The van der Waals surface area contributed by atoms with Gasteiger partial charge in [-0.05, 0) is 49.6 Å². The van der Waals surface area contributed by atoms with Gasteiger partial charge < -0.3 is 20.4 Å². The second-order valence-electron chi connectivity index (χ2n) is 8.20. The van der Waals surface area contributed by atoms with Crippen molar-refractivity contribution in [2.24, 2.45) is 0 Å². The van der Waals surface area contributed by atoms with E-state index in [2.05, 4.69) is 33.5 Å². The Labute approximate surface area is 184 Å². The second kappa shape index (κ2) is 10.8. The summed E-state index contributed by atoms with van der Waals surface area (Å²) in [7, 11) is 3.75. The van der Waals surface area contributed by atoms with Crippen LogP contribution in [0.3, 0.4) is 0 Å². The van der Waals surface area contributed by atoms with Crippen LogP contribution in [0.4, 0.5) is 17.2 Å². The van der Waals surface area contributed by atoms with Crippen molar-refractivity contribution in [1.29, 1.82) is 0 Å². The van der Waals surface area contributed by atoms with E-state index in [4.69, 9.17) is 0 Å². The maximum absolute atomic E-state index is 13.0. The SMILES string of the molecule is CCCCC(NC(=O)c1ccnc(N(C)C)c1)C(=O)Nc1cccc(N2CCCC2)c1. The molecule has 3 rings (SSSR count). The third kappa shape index (κ3) is 6.20. The summed E-state index contributed by atoms with van der Waals surface area (Å²) >= 11 is 0. The van der Waals surface area contributed by atoms with Crippen LogP contribution in [0.25, 0.3) is 0 Å². The Morgan fingerprint density at radius 1 is 1.16 bits per heavy atom. The fourth-order valence-corrected chi connectivity index (χ4v) is 3.71. The van der Waals surface area contributed by atoms with Crippen LogP contribution in [-0.4, -0.2) is 50.0 Å². The van der Waals surface area contributed by atoms with Gasteiger partial charge in [0.05, 0.1) is 0 Å². The molecule has 166 valence electrons. The van der Waals surface area contributed by atoms with Gasteiger partial charge in [0.25, 0.3) is 5.91 Å². The number of rotatable bonds is 9. The first kappa shape index (κ1) is 22.6. The molecular weight excluding hydrogens is 390 g/mol. The van der Waals surface area contributed by atoms with Crippen molar-refractivity contribution in [3.63, 3.8) is 0 Å². The number of benzene rings is 1. The quantitative estimate of drug-likeness (QED) is 0.643. The number of aromatic nitrogens is 1. The van der Waals surface area contributed by atoms with E-state index >= 15 is 0 Å². The lowest BCUT2D eigenvalue weighted by molar-refractivity contribution is -0.118. The van der Waals surface area contributed by atoms with Crippen molar-refractivity contribution in [1.82, 2.24) is 10.3 Å². The molecule has 1 unspecified atom stereocenters. The second-order valence-corrected chi connectivity index (χ2v) is 8.20. The van der Waals surface area contributed by atoms with Gasteiger partial charge in [-0.25, -0.2) is 4.98 Å². The van der Waals surface area contributed by atoms with Crippen LogP contribution in [0.2, 0.25) is 0 Å². The van der Waals surface area contributed by atoms with E-state index in [-0.39, 0.29) is 11.8 Å². The number of amides is 2. The summed E-state index contributed by atoms with van der Waals surface area (Å²) in [5, 5.41) is 5.92. The van der Waals surface area contributed by atoms with Crippen LogP contribution < -0.4 is 20.4 Å². The number of unbranched alkanes of at least 4 members (excludes halogenated alkanes) is 1. The predicted octanol–water partition coefficient (Wildman–Crippen LogP) is 3.68. The number of nitrogens with zero attached hydrogens (tertiary/aromatic N) is 3. The summed E-state index contributed by atoms with van der Waals surface area (Å²) in [5.41, 5.74) is 2.37. The highest BCUT2D eigenvalue weighted by Gasteiger charge is 2.22. The van der Waals surface area contributed by atoms with Crippen molar-refractivity contribution in [2.45, 2.75) is 45.1 Å². The van der Waals surface area contributed by atoms with Gasteiger partial charge in [0, 0.05) is 50.3 Å². The Morgan fingerprint density at radius 2 is 1.94 bits per heavy atom. The highest BCUT2D eigenvalue weighted by molar-refractivity contribution is 6.01. The molecule has 1 aliphatic rings. The summed E-state index contributed by atoms with van der Waals surface area (Å²) in [6, 6.07) is 10.7. The standard InChI is InChI=1S/C24H33N5O2/c1-4-5-11-21(27-23(30)18-12-13-25-22(16-18)28(2)3)24(31)26-19-9-8-10-20(17-19)29-14-6-7-15-29/h8-10,12-13,16-17,21H,4-7,11,14-15H2,1-3H3,(H,26,31)(H,27,30). The van der Waals surface area contributed by atoms with E-state index in [0.717, 1.165) is 37.3 Å². The number of carbonyl (C=O) groups is 2. The summed E-state index contributed by atoms with van der Waals surface area (Å²) in [4.78, 5) is 34.3. The van der Waals surface area contributed by atoms with E-state index < -0.39 is 6.04 Å². The Kier molecular flexibility index (Phi) is 7.87. The average Bonchev–Trinajstić information content (AvgIpc) is 3.31. The van der Waals surface area contributed by atoms with Crippen LogP contribution in [0.15, 0.2) is 42.6 Å². The molecule has 1 aromatic carbocycles. The minimum Gasteiger partial charge on any atom is -0.371 e. The van der Waals surface area contributed by atoms with E-state index in [9.17, 15) is 9.59 Å². The van der Waals surface area contributed by atoms with Crippen LogP contribution in [0.1, 0.15) is 49.4 Å². The minimum atomic E-state index is -0.598. The summed E-state index contributed by atoms with van der Waals surface area (Å²) in [6.45, 7) is 4.17. The maximum atomic E-state index is 13.0. The minimum absolute atomic E-state index is 0.192.